The average molecular weight is 531 g/mol. The standard InChI is InChI=1S/C28H30N6O5/c1-3-33-23-9-8-21(13-22(23)26(36)34(28(33)38)15-18-4-5-18)31-27(37)32-10-11-39-24(16-32)25(35)30-20-7-6-19(14-29)17(2)12-20/h6-9,12-13,18,24H,3-5,10-11,15-16H2,1-2H3,(H,30,35)(H,31,37). The predicted molar refractivity (Wildman–Crippen MR) is 146 cm³/mol. The number of rotatable bonds is 6. The molecule has 11 heteroatoms. The molecule has 5 rings (SSSR count). The zero-order valence-electron chi connectivity index (χ0n) is 21.9. The lowest BCUT2D eigenvalue weighted by atomic mass is 10.1. The highest BCUT2D eigenvalue weighted by atomic mass is 16.5. The van der Waals surface area contributed by atoms with Crippen LogP contribution in [0.1, 0.15) is 30.9 Å². The molecule has 2 heterocycles. The molecule has 0 radical (unpaired) electrons. The Labute approximate surface area is 224 Å². The molecule has 1 aliphatic heterocycles. The summed E-state index contributed by atoms with van der Waals surface area (Å²) in [7, 11) is 0. The van der Waals surface area contributed by atoms with Gasteiger partial charge in [-0.05, 0) is 74.6 Å². The molecule has 2 aromatic carbocycles. The first kappa shape index (κ1) is 26.2. The highest BCUT2D eigenvalue weighted by molar-refractivity contribution is 5.96. The normalized spacial score (nSPS) is 17.1. The third-order valence-corrected chi connectivity index (χ3v) is 7.19. The van der Waals surface area contributed by atoms with Gasteiger partial charge in [0.05, 0.1) is 35.7 Å². The minimum Gasteiger partial charge on any atom is -0.365 e. The highest BCUT2D eigenvalue weighted by Crippen LogP contribution is 2.30. The van der Waals surface area contributed by atoms with E-state index in [1.165, 1.54) is 9.47 Å². The summed E-state index contributed by atoms with van der Waals surface area (Å²) in [6, 6.07) is 11.6. The SMILES string of the molecule is CCn1c(=O)n(CC2CC2)c(=O)c2cc(NC(=O)N3CCOC(C(=O)Nc4ccc(C#N)c(C)c4)C3)ccc21. The van der Waals surface area contributed by atoms with Crippen molar-refractivity contribution in [3.63, 3.8) is 0 Å². The highest BCUT2D eigenvalue weighted by Gasteiger charge is 2.30. The van der Waals surface area contributed by atoms with Crippen molar-refractivity contribution >= 4 is 34.2 Å². The van der Waals surface area contributed by atoms with Crippen LogP contribution in [0.15, 0.2) is 46.0 Å². The fourth-order valence-corrected chi connectivity index (χ4v) is 4.81. The summed E-state index contributed by atoms with van der Waals surface area (Å²) >= 11 is 0. The quantitative estimate of drug-likeness (QED) is 0.503. The number of hydrogen-bond acceptors (Lipinski definition) is 6. The van der Waals surface area contributed by atoms with Crippen LogP contribution in [0, 0.1) is 24.2 Å². The number of morpholine rings is 1. The van der Waals surface area contributed by atoms with Crippen LogP contribution in [-0.2, 0) is 22.6 Å². The molecular weight excluding hydrogens is 500 g/mol. The third-order valence-electron chi connectivity index (χ3n) is 7.19. The minimum atomic E-state index is -0.870. The van der Waals surface area contributed by atoms with E-state index in [9.17, 15) is 19.2 Å². The molecule has 2 N–H and O–H groups in total. The second-order valence-corrected chi connectivity index (χ2v) is 9.98. The molecule has 1 saturated heterocycles. The molecule has 2 aliphatic rings. The number of hydrogen-bond donors (Lipinski definition) is 2. The van der Waals surface area contributed by atoms with Gasteiger partial charge >= 0.3 is 11.7 Å². The van der Waals surface area contributed by atoms with Crippen molar-refractivity contribution in [3.8, 4) is 6.07 Å². The van der Waals surface area contributed by atoms with E-state index in [4.69, 9.17) is 10.00 Å². The average Bonchev–Trinajstić information content (AvgIpc) is 3.76. The van der Waals surface area contributed by atoms with Crippen molar-refractivity contribution in [3.05, 3.63) is 68.4 Å². The Balaban J connectivity index is 1.30. The van der Waals surface area contributed by atoms with Crippen molar-refractivity contribution < 1.29 is 14.3 Å². The Bertz CT molecular complexity index is 1610. The number of urea groups is 1. The number of nitriles is 1. The smallest absolute Gasteiger partial charge is 0.331 e. The number of carbonyl (C=O) groups excluding carboxylic acids is 2. The van der Waals surface area contributed by atoms with Crippen LogP contribution in [-0.4, -0.2) is 51.8 Å². The first-order valence-corrected chi connectivity index (χ1v) is 13.1. The molecule has 0 spiro atoms. The van der Waals surface area contributed by atoms with Crippen molar-refractivity contribution in [2.24, 2.45) is 5.92 Å². The summed E-state index contributed by atoms with van der Waals surface area (Å²) in [6.45, 7) is 5.00. The van der Waals surface area contributed by atoms with E-state index in [-0.39, 0.29) is 24.4 Å². The van der Waals surface area contributed by atoms with E-state index in [1.54, 1.807) is 47.9 Å². The van der Waals surface area contributed by atoms with Crippen molar-refractivity contribution in [2.75, 3.05) is 30.3 Å². The van der Waals surface area contributed by atoms with Gasteiger partial charge in [-0.15, -0.1) is 0 Å². The lowest BCUT2D eigenvalue weighted by Gasteiger charge is -2.32. The van der Waals surface area contributed by atoms with Gasteiger partial charge in [0, 0.05) is 31.0 Å². The molecule has 3 aromatic rings. The Morgan fingerprint density at radius 3 is 2.51 bits per heavy atom. The maximum atomic E-state index is 13.2. The number of nitrogens with one attached hydrogen (secondary N) is 2. The molecule has 39 heavy (non-hydrogen) atoms. The van der Waals surface area contributed by atoms with E-state index >= 15 is 0 Å². The number of anilines is 2. The first-order chi connectivity index (χ1) is 18.8. The number of fused-ring (bicyclic) bond motifs is 1. The van der Waals surface area contributed by atoms with Crippen molar-refractivity contribution in [2.45, 2.75) is 45.9 Å². The Kier molecular flexibility index (Phi) is 7.21. The molecule has 3 amide bonds. The molecule has 1 unspecified atom stereocenters. The number of nitrogens with zero attached hydrogens (tertiary/aromatic N) is 4. The second-order valence-electron chi connectivity index (χ2n) is 9.98. The predicted octanol–water partition coefficient (Wildman–Crippen LogP) is 2.64. The molecule has 0 bridgehead atoms. The van der Waals surface area contributed by atoms with Gasteiger partial charge in [0.2, 0.25) is 0 Å². The van der Waals surface area contributed by atoms with E-state index in [0.717, 1.165) is 18.4 Å². The lowest BCUT2D eigenvalue weighted by molar-refractivity contribution is -0.131. The number of carbonyl (C=O) groups is 2. The summed E-state index contributed by atoms with van der Waals surface area (Å²) in [4.78, 5) is 53.5. The van der Waals surface area contributed by atoms with Crippen molar-refractivity contribution in [1.82, 2.24) is 14.0 Å². The van der Waals surface area contributed by atoms with Crippen LogP contribution in [0.2, 0.25) is 0 Å². The van der Waals surface area contributed by atoms with E-state index in [0.29, 0.717) is 53.4 Å². The maximum Gasteiger partial charge on any atom is 0.331 e. The summed E-state index contributed by atoms with van der Waals surface area (Å²) in [5.41, 5.74) is 2.08. The Morgan fingerprint density at radius 2 is 1.82 bits per heavy atom. The fourth-order valence-electron chi connectivity index (χ4n) is 4.81. The molecule has 1 saturated carbocycles. The van der Waals surface area contributed by atoms with Gasteiger partial charge in [0.1, 0.15) is 0 Å². The topological polar surface area (TPSA) is 138 Å². The number of ether oxygens (including phenoxy) is 1. The number of aryl methyl sites for hydroxylation is 2. The molecule has 1 aromatic heterocycles. The van der Waals surface area contributed by atoms with Crippen molar-refractivity contribution in [1.29, 1.82) is 5.26 Å². The third kappa shape index (κ3) is 5.42. The van der Waals surface area contributed by atoms with Crippen LogP contribution >= 0.6 is 0 Å². The minimum absolute atomic E-state index is 0.0457. The summed E-state index contributed by atoms with van der Waals surface area (Å²) in [5.74, 6) is -0.0375. The van der Waals surface area contributed by atoms with Crippen LogP contribution in [0.4, 0.5) is 16.2 Å². The summed E-state index contributed by atoms with van der Waals surface area (Å²) < 4.78 is 8.49. The van der Waals surface area contributed by atoms with E-state index in [1.807, 2.05) is 6.92 Å². The van der Waals surface area contributed by atoms with Crippen LogP contribution in [0.25, 0.3) is 10.9 Å². The lowest BCUT2D eigenvalue weighted by Crippen LogP contribution is -2.51. The summed E-state index contributed by atoms with van der Waals surface area (Å²) in [5, 5.41) is 15.1. The zero-order valence-corrected chi connectivity index (χ0v) is 21.9. The number of amides is 3. The Morgan fingerprint density at radius 1 is 1.08 bits per heavy atom. The molecule has 1 atom stereocenters. The summed E-state index contributed by atoms with van der Waals surface area (Å²) in [6.07, 6.45) is 1.15. The van der Waals surface area contributed by atoms with Gasteiger partial charge < -0.3 is 20.3 Å². The molecule has 11 nitrogen and oxygen atoms in total. The van der Waals surface area contributed by atoms with E-state index < -0.39 is 18.0 Å². The van der Waals surface area contributed by atoms with Gasteiger partial charge in [-0.3, -0.25) is 18.7 Å². The van der Waals surface area contributed by atoms with Crippen LogP contribution < -0.4 is 21.9 Å². The first-order valence-electron chi connectivity index (χ1n) is 13.1. The van der Waals surface area contributed by atoms with Gasteiger partial charge in [-0.1, -0.05) is 0 Å². The zero-order chi connectivity index (χ0) is 27.7. The van der Waals surface area contributed by atoms with E-state index in [2.05, 4.69) is 16.7 Å². The maximum absolute atomic E-state index is 13.2. The second kappa shape index (κ2) is 10.7. The molecule has 202 valence electrons. The molecule has 2 fully saturated rings. The fraction of sp³-hybridized carbons (Fsp3) is 0.393. The Hall–Kier alpha value is -4.43. The van der Waals surface area contributed by atoms with Crippen LogP contribution in [0.3, 0.4) is 0 Å². The largest absolute Gasteiger partial charge is 0.365 e. The molecule has 1 aliphatic carbocycles. The number of aromatic nitrogens is 2. The van der Waals surface area contributed by atoms with Crippen LogP contribution in [0.5, 0.6) is 0 Å². The van der Waals surface area contributed by atoms with Gasteiger partial charge in [0.15, 0.2) is 6.10 Å². The van der Waals surface area contributed by atoms with Gasteiger partial charge in [0.25, 0.3) is 11.5 Å². The van der Waals surface area contributed by atoms with Gasteiger partial charge in [-0.2, -0.15) is 5.26 Å². The number of benzene rings is 2. The molecular formula is C28H30N6O5. The van der Waals surface area contributed by atoms with Gasteiger partial charge in [-0.25, -0.2) is 9.59 Å². The monoisotopic (exact) mass is 530 g/mol.